The van der Waals surface area contributed by atoms with Crippen molar-refractivity contribution in [2.45, 2.75) is 25.9 Å². The van der Waals surface area contributed by atoms with Gasteiger partial charge >= 0.3 is 0 Å². The van der Waals surface area contributed by atoms with Crippen molar-refractivity contribution in [2.24, 2.45) is 0 Å². The number of halogens is 2. The number of likely N-dealkylation sites (N-methyl/N-ethyl adjacent to an activating group) is 1. The maximum Gasteiger partial charge on any atom is 0.254 e. The van der Waals surface area contributed by atoms with Crippen molar-refractivity contribution in [3.63, 3.8) is 0 Å². The summed E-state index contributed by atoms with van der Waals surface area (Å²) < 4.78 is 0.811. The maximum absolute atomic E-state index is 12.5. The average molecular weight is 346 g/mol. The van der Waals surface area contributed by atoms with Crippen LogP contribution >= 0.6 is 27.5 Å². The molecular formula is C14H18BrClN2O. The van der Waals surface area contributed by atoms with Crippen molar-refractivity contribution in [2.75, 3.05) is 20.1 Å². The second kappa shape index (κ2) is 5.81. The summed E-state index contributed by atoms with van der Waals surface area (Å²) in [6.07, 6.45) is 0. The number of carbonyl (C=O) groups is 1. The number of benzene rings is 1. The van der Waals surface area contributed by atoms with E-state index >= 15 is 0 Å². The van der Waals surface area contributed by atoms with Crippen molar-refractivity contribution < 1.29 is 4.79 Å². The van der Waals surface area contributed by atoms with Gasteiger partial charge in [0.15, 0.2) is 0 Å². The lowest BCUT2D eigenvalue weighted by atomic mass is 10.1. The number of carbonyl (C=O) groups excluding carboxylic acids is 1. The number of amides is 1. The van der Waals surface area contributed by atoms with Crippen LogP contribution in [-0.4, -0.2) is 47.9 Å². The molecule has 2 rings (SSSR count). The van der Waals surface area contributed by atoms with Gasteiger partial charge in [0.1, 0.15) is 0 Å². The summed E-state index contributed by atoms with van der Waals surface area (Å²) in [5.41, 5.74) is 0.650. The zero-order chi connectivity index (χ0) is 14.2. The topological polar surface area (TPSA) is 23.6 Å². The van der Waals surface area contributed by atoms with Gasteiger partial charge in [-0.05, 0) is 55.0 Å². The van der Waals surface area contributed by atoms with Crippen molar-refractivity contribution in [1.29, 1.82) is 0 Å². The Hall–Kier alpha value is -0.580. The zero-order valence-corrected chi connectivity index (χ0v) is 13.7. The highest BCUT2D eigenvalue weighted by atomic mass is 79.9. The molecule has 1 saturated heterocycles. The minimum Gasteiger partial charge on any atom is -0.336 e. The molecule has 104 valence electrons. The molecule has 0 aromatic heterocycles. The Morgan fingerprint density at radius 2 is 1.89 bits per heavy atom. The van der Waals surface area contributed by atoms with Crippen LogP contribution in [0.5, 0.6) is 0 Å². The fourth-order valence-electron chi connectivity index (χ4n) is 2.38. The summed E-state index contributed by atoms with van der Waals surface area (Å²) in [4.78, 5) is 16.7. The second-order valence-electron chi connectivity index (χ2n) is 5.20. The minimum absolute atomic E-state index is 0.0567. The quantitative estimate of drug-likeness (QED) is 0.780. The molecule has 1 fully saturated rings. The molecule has 2 unspecified atom stereocenters. The molecule has 1 aliphatic rings. The lowest BCUT2D eigenvalue weighted by molar-refractivity contribution is 0.0414. The van der Waals surface area contributed by atoms with Crippen LogP contribution in [0.4, 0.5) is 0 Å². The Labute approximate surface area is 127 Å². The highest BCUT2D eigenvalue weighted by Gasteiger charge is 2.29. The summed E-state index contributed by atoms with van der Waals surface area (Å²) in [6, 6.07) is 6.10. The molecule has 1 aromatic rings. The van der Waals surface area contributed by atoms with E-state index in [0.29, 0.717) is 22.7 Å². The zero-order valence-electron chi connectivity index (χ0n) is 11.4. The van der Waals surface area contributed by atoms with Crippen molar-refractivity contribution in [1.82, 2.24) is 9.80 Å². The Kier molecular flexibility index (Phi) is 4.54. The monoisotopic (exact) mass is 344 g/mol. The first-order valence-electron chi connectivity index (χ1n) is 6.36. The highest BCUT2D eigenvalue weighted by molar-refractivity contribution is 9.10. The molecule has 1 amide bonds. The molecule has 2 atom stereocenters. The SMILES string of the molecule is CC1CN(C(=O)c2ccc(Br)c(Cl)c2)CC(C)N1C. The van der Waals surface area contributed by atoms with E-state index < -0.39 is 0 Å². The van der Waals surface area contributed by atoms with Gasteiger partial charge in [-0.25, -0.2) is 0 Å². The van der Waals surface area contributed by atoms with Gasteiger partial charge in [0.2, 0.25) is 0 Å². The lowest BCUT2D eigenvalue weighted by Crippen LogP contribution is -2.56. The van der Waals surface area contributed by atoms with E-state index in [2.05, 4.69) is 41.7 Å². The largest absolute Gasteiger partial charge is 0.336 e. The van der Waals surface area contributed by atoms with Crippen LogP contribution in [0.1, 0.15) is 24.2 Å². The molecule has 0 bridgehead atoms. The van der Waals surface area contributed by atoms with E-state index in [0.717, 1.165) is 17.6 Å². The number of hydrogen-bond acceptors (Lipinski definition) is 2. The Bertz CT molecular complexity index is 482. The molecule has 0 N–H and O–H groups in total. The summed E-state index contributed by atoms with van der Waals surface area (Å²) in [5, 5.41) is 0.570. The van der Waals surface area contributed by atoms with Crippen molar-refractivity contribution >= 4 is 33.4 Å². The van der Waals surface area contributed by atoms with E-state index in [1.807, 2.05) is 17.0 Å². The van der Waals surface area contributed by atoms with E-state index in [4.69, 9.17) is 11.6 Å². The van der Waals surface area contributed by atoms with Crippen LogP contribution in [0.25, 0.3) is 0 Å². The third-order valence-corrected chi connectivity index (χ3v) is 5.05. The van der Waals surface area contributed by atoms with Crippen LogP contribution in [0.2, 0.25) is 5.02 Å². The van der Waals surface area contributed by atoms with Crippen LogP contribution in [0.15, 0.2) is 22.7 Å². The smallest absolute Gasteiger partial charge is 0.254 e. The molecule has 1 aliphatic heterocycles. The van der Waals surface area contributed by atoms with E-state index in [1.165, 1.54) is 0 Å². The van der Waals surface area contributed by atoms with Gasteiger partial charge in [0.05, 0.1) is 5.02 Å². The summed E-state index contributed by atoms with van der Waals surface area (Å²) >= 11 is 9.39. The molecule has 0 spiro atoms. The predicted molar refractivity (Wildman–Crippen MR) is 81.7 cm³/mol. The van der Waals surface area contributed by atoms with E-state index in [9.17, 15) is 4.79 Å². The van der Waals surface area contributed by atoms with E-state index in [1.54, 1.807) is 6.07 Å². The molecule has 19 heavy (non-hydrogen) atoms. The van der Waals surface area contributed by atoms with Crippen molar-refractivity contribution in [3.05, 3.63) is 33.3 Å². The number of rotatable bonds is 1. The maximum atomic E-state index is 12.5. The predicted octanol–water partition coefficient (Wildman–Crippen LogP) is 3.27. The molecule has 0 radical (unpaired) electrons. The number of hydrogen-bond donors (Lipinski definition) is 0. The molecule has 0 aliphatic carbocycles. The minimum atomic E-state index is 0.0567. The first-order valence-corrected chi connectivity index (χ1v) is 7.53. The third-order valence-electron chi connectivity index (χ3n) is 3.81. The van der Waals surface area contributed by atoms with Gasteiger partial charge in [-0.2, -0.15) is 0 Å². The van der Waals surface area contributed by atoms with E-state index in [-0.39, 0.29) is 5.91 Å². The second-order valence-corrected chi connectivity index (χ2v) is 6.46. The summed E-state index contributed by atoms with van der Waals surface area (Å²) in [6.45, 7) is 5.80. The van der Waals surface area contributed by atoms with Gasteiger partial charge in [0.25, 0.3) is 5.91 Å². The van der Waals surface area contributed by atoms with Gasteiger partial charge in [-0.3, -0.25) is 9.69 Å². The van der Waals surface area contributed by atoms with Crippen LogP contribution in [-0.2, 0) is 0 Å². The number of piperazine rings is 1. The molecule has 1 heterocycles. The highest BCUT2D eigenvalue weighted by Crippen LogP contribution is 2.24. The average Bonchev–Trinajstić information content (AvgIpc) is 2.37. The Morgan fingerprint density at radius 3 is 2.42 bits per heavy atom. The first-order chi connectivity index (χ1) is 8.90. The fourth-order valence-corrected chi connectivity index (χ4v) is 2.81. The van der Waals surface area contributed by atoms with Crippen molar-refractivity contribution in [3.8, 4) is 0 Å². The Morgan fingerprint density at radius 1 is 1.32 bits per heavy atom. The summed E-state index contributed by atoms with van der Waals surface area (Å²) in [5.74, 6) is 0.0567. The molecule has 1 aromatic carbocycles. The van der Waals surface area contributed by atoms with Crippen LogP contribution in [0, 0.1) is 0 Å². The fraction of sp³-hybridized carbons (Fsp3) is 0.500. The molecular weight excluding hydrogens is 328 g/mol. The van der Waals surface area contributed by atoms with Gasteiger partial charge < -0.3 is 4.90 Å². The van der Waals surface area contributed by atoms with Gasteiger partial charge in [0, 0.05) is 35.2 Å². The van der Waals surface area contributed by atoms with Crippen LogP contribution in [0.3, 0.4) is 0 Å². The van der Waals surface area contributed by atoms with Crippen LogP contribution < -0.4 is 0 Å². The standard InChI is InChI=1S/C14H18BrClN2O/c1-9-7-18(8-10(2)17(9)3)14(19)11-4-5-12(15)13(16)6-11/h4-6,9-10H,7-8H2,1-3H3. The van der Waals surface area contributed by atoms with Gasteiger partial charge in [-0.15, -0.1) is 0 Å². The number of nitrogens with zero attached hydrogens (tertiary/aromatic N) is 2. The molecule has 5 heteroatoms. The van der Waals surface area contributed by atoms with Gasteiger partial charge in [-0.1, -0.05) is 11.6 Å². The third kappa shape index (κ3) is 3.12. The molecule has 0 saturated carbocycles. The lowest BCUT2D eigenvalue weighted by Gasteiger charge is -2.42. The Balaban J connectivity index is 2.17. The molecule has 3 nitrogen and oxygen atoms in total. The first kappa shape index (κ1) is 14.8. The normalized spacial score (nSPS) is 24.6. The summed E-state index contributed by atoms with van der Waals surface area (Å²) in [7, 11) is 2.10.